The average Bonchev–Trinajstić information content (AvgIpc) is 3.53. The van der Waals surface area contributed by atoms with E-state index in [-0.39, 0.29) is 17.0 Å². The zero-order valence-electron chi connectivity index (χ0n) is 20.5. The van der Waals surface area contributed by atoms with Crippen molar-refractivity contribution in [2.24, 2.45) is 0 Å². The number of halogens is 1. The first kappa shape index (κ1) is 23.2. The third kappa shape index (κ3) is 4.31. The number of carbonyl (C=O) groups is 1. The largest absolute Gasteiger partial charge is 0.382 e. The van der Waals surface area contributed by atoms with Crippen molar-refractivity contribution in [1.82, 2.24) is 29.9 Å². The van der Waals surface area contributed by atoms with E-state index in [0.717, 1.165) is 35.0 Å². The van der Waals surface area contributed by atoms with Crippen molar-refractivity contribution in [3.8, 4) is 11.3 Å². The van der Waals surface area contributed by atoms with Gasteiger partial charge < -0.3 is 10.1 Å². The molecule has 8 nitrogen and oxygen atoms in total. The van der Waals surface area contributed by atoms with Crippen molar-refractivity contribution in [3.63, 3.8) is 0 Å². The maximum Gasteiger partial charge on any atom is 0.254 e. The van der Waals surface area contributed by atoms with E-state index in [4.69, 9.17) is 9.84 Å². The lowest BCUT2D eigenvalue weighted by atomic mass is 9.97. The first-order valence-electron chi connectivity index (χ1n) is 12.1. The van der Waals surface area contributed by atoms with Crippen LogP contribution in [0.15, 0.2) is 67.1 Å². The third-order valence-electron chi connectivity index (χ3n) is 6.99. The first-order valence-corrected chi connectivity index (χ1v) is 12.1. The SMILES string of the molecule is COCC1(NC(=O)c2ccc(-c3cnc4ncc(C(C)c5ccc6ncccc6c5)n4n3)cc2F)CC1. The number of ether oxygens (including phenoxy) is 1. The molecule has 1 fully saturated rings. The van der Waals surface area contributed by atoms with Gasteiger partial charge in [0.2, 0.25) is 0 Å². The molecule has 0 radical (unpaired) electrons. The summed E-state index contributed by atoms with van der Waals surface area (Å²) in [5.74, 6) is -0.628. The molecule has 1 amide bonds. The summed E-state index contributed by atoms with van der Waals surface area (Å²) in [5, 5.41) is 8.68. The second kappa shape index (κ2) is 9.01. The van der Waals surface area contributed by atoms with Gasteiger partial charge >= 0.3 is 0 Å². The summed E-state index contributed by atoms with van der Waals surface area (Å²) >= 11 is 0. The highest BCUT2D eigenvalue weighted by molar-refractivity contribution is 5.95. The summed E-state index contributed by atoms with van der Waals surface area (Å²) in [5.41, 5.74) is 3.49. The number of nitrogens with one attached hydrogen (secondary N) is 1. The van der Waals surface area contributed by atoms with Crippen molar-refractivity contribution in [3.05, 3.63) is 89.8 Å². The van der Waals surface area contributed by atoms with Crippen LogP contribution in [0.1, 0.15) is 47.3 Å². The zero-order valence-corrected chi connectivity index (χ0v) is 20.5. The summed E-state index contributed by atoms with van der Waals surface area (Å²) < 4.78 is 21.9. The van der Waals surface area contributed by atoms with Gasteiger partial charge in [0.05, 0.1) is 41.3 Å². The van der Waals surface area contributed by atoms with Crippen LogP contribution in [0.3, 0.4) is 0 Å². The van der Waals surface area contributed by atoms with Gasteiger partial charge in [0.1, 0.15) is 11.5 Å². The molecule has 1 aliphatic carbocycles. The van der Waals surface area contributed by atoms with Gasteiger partial charge in [-0.05, 0) is 48.7 Å². The smallest absolute Gasteiger partial charge is 0.254 e. The van der Waals surface area contributed by atoms with Gasteiger partial charge in [0.25, 0.3) is 11.7 Å². The van der Waals surface area contributed by atoms with Crippen LogP contribution >= 0.6 is 0 Å². The number of fused-ring (bicyclic) bond motifs is 2. The van der Waals surface area contributed by atoms with Gasteiger partial charge in [-0.3, -0.25) is 9.78 Å². The Hall–Kier alpha value is -4.24. The van der Waals surface area contributed by atoms with E-state index in [9.17, 15) is 4.79 Å². The fourth-order valence-electron chi connectivity index (χ4n) is 4.65. The van der Waals surface area contributed by atoms with Crippen LogP contribution in [-0.2, 0) is 4.74 Å². The van der Waals surface area contributed by atoms with E-state index in [1.54, 1.807) is 36.3 Å². The number of imidazole rings is 1. The molecule has 9 heteroatoms. The van der Waals surface area contributed by atoms with Crippen molar-refractivity contribution < 1.29 is 13.9 Å². The maximum absolute atomic E-state index is 15.0. The molecule has 6 rings (SSSR count). The van der Waals surface area contributed by atoms with Crippen LogP contribution in [0, 0.1) is 5.82 Å². The van der Waals surface area contributed by atoms with Crippen molar-refractivity contribution >= 4 is 22.6 Å². The molecule has 1 atom stereocenters. The maximum atomic E-state index is 15.0. The number of benzene rings is 2. The number of rotatable bonds is 7. The van der Waals surface area contributed by atoms with Crippen molar-refractivity contribution in [1.29, 1.82) is 0 Å². The molecule has 186 valence electrons. The number of nitrogens with zero attached hydrogens (tertiary/aromatic N) is 5. The van der Waals surface area contributed by atoms with Crippen LogP contribution in [0.25, 0.3) is 27.9 Å². The summed E-state index contributed by atoms with van der Waals surface area (Å²) in [6, 6.07) is 14.6. The molecule has 1 unspecified atom stereocenters. The first-order chi connectivity index (χ1) is 18.0. The summed E-state index contributed by atoms with van der Waals surface area (Å²) in [4.78, 5) is 25.9. The highest BCUT2D eigenvalue weighted by Crippen LogP contribution is 2.36. The van der Waals surface area contributed by atoms with Crippen molar-refractivity contribution in [2.45, 2.75) is 31.2 Å². The van der Waals surface area contributed by atoms with E-state index in [1.165, 1.54) is 12.1 Å². The van der Waals surface area contributed by atoms with E-state index in [1.807, 2.05) is 24.3 Å². The summed E-state index contributed by atoms with van der Waals surface area (Å²) in [7, 11) is 1.59. The van der Waals surface area contributed by atoms with Crippen molar-refractivity contribution in [2.75, 3.05) is 13.7 Å². The topological polar surface area (TPSA) is 94.3 Å². The molecule has 1 N–H and O–H groups in total. The minimum absolute atomic E-state index is 0.0112. The second-order valence-corrected chi connectivity index (χ2v) is 9.58. The predicted molar refractivity (Wildman–Crippen MR) is 137 cm³/mol. The Morgan fingerprint density at radius 2 is 1.97 bits per heavy atom. The summed E-state index contributed by atoms with van der Waals surface area (Å²) in [6.07, 6.45) is 6.75. The fourth-order valence-corrected chi connectivity index (χ4v) is 4.65. The average molecular weight is 497 g/mol. The zero-order chi connectivity index (χ0) is 25.6. The molecule has 3 heterocycles. The molecular weight excluding hydrogens is 471 g/mol. The molecule has 3 aromatic heterocycles. The molecule has 0 spiro atoms. The lowest BCUT2D eigenvalue weighted by molar-refractivity contribution is 0.0878. The van der Waals surface area contributed by atoms with Crippen LogP contribution in [0.5, 0.6) is 0 Å². The number of methoxy groups -OCH3 is 1. The third-order valence-corrected chi connectivity index (χ3v) is 6.99. The highest BCUT2D eigenvalue weighted by atomic mass is 19.1. The van der Waals surface area contributed by atoms with Gasteiger partial charge in [-0.25, -0.2) is 18.9 Å². The molecule has 1 saturated carbocycles. The lowest BCUT2D eigenvalue weighted by Gasteiger charge is -2.16. The number of pyridine rings is 1. The number of hydrogen-bond donors (Lipinski definition) is 1. The van der Waals surface area contributed by atoms with Crippen LogP contribution in [0.2, 0.25) is 0 Å². The molecule has 37 heavy (non-hydrogen) atoms. The van der Waals surface area contributed by atoms with E-state index in [2.05, 4.69) is 33.3 Å². The molecule has 2 aromatic carbocycles. The van der Waals surface area contributed by atoms with E-state index in [0.29, 0.717) is 23.6 Å². The van der Waals surface area contributed by atoms with Crippen LogP contribution < -0.4 is 5.32 Å². The number of carbonyl (C=O) groups excluding carboxylic acids is 1. The molecule has 0 bridgehead atoms. The predicted octanol–water partition coefficient (Wildman–Crippen LogP) is 4.54. The number of hydrogen-bond acceptors (Lipinski definition) is 6. The highest BCUT2D eigenvalue weighted by Gasteiger charge is 2.44. The summed E-state index contributed by atoms with van der Waals surface area (Å²) in [6.45, 7) is 2.49. The van der Waals surface area contributed by atoms with E-state index >= 15 is 4.39 Å². The molecule has 0 aliphatic heterocycles. The van der Waals surface area contributed by atoms with Gasteiger partial charge in [0.15, 0.2) is 0 Å². The normalized spacial score (nSPS) is 15.1. The van der Waals surface area contributed by atoms with Crippen LogP contribution in [0.4, 0.5) is 4.39 Å². The fraction of sp³-hybridized carbons (Fsp3) is 0.250. The Labute approximate surface area is 212 Å². The van der Waals surface area contributed by atoms with Gasteiger partial charge in [-0.2, -0.15) is 5.10 Å². The Morgan fingerprint density at radius 3 is 2.76 bits per heavy atom. The van der Waals surface area contributed by atoms with Gasteiger partial charge in [0, 0.05) is 30.2 Å². The Balaban J connectivity index is 1.30. The minimum atomic E-state index is -0.617. The standard InChI is InChI=1S/C28H25FN6O2/c1-17(18-6-8-23-19(12-18)4-3-11-30-23)25-15-32-27-31-14-24(34-35(25)27)20-5-7-21(22(29)13-20)26(36)33-28(9-10-28)16-37-2/h3-8,11-15,17H,9-10,16H2,1-2H3,(H,33,36). The molecular formula is C28H25FN6O2. The van der Waals surface area contributed by atoms with Crippen LogP contribution in [-0.4, -0.2) is 49.7 Å². The lowest BCUT2D eigenvalue weighted by Crippen LogP contribution is -2.40. The molecule has 5 aromatic rings. The van der Waals surface area contributed by atoms with Gasteiger partial charge in [-0.15, -0.1) is 0 Å². The Kier molecular flexibility index (Phi) is 5.64. The van der Waals surface area contributed by atoms with Gasteiger partial charge in [-0.1, -0.05) is 25.1 Å². The quantitative estimate of drug-likeness (QED) is 0.356. The van der Waals surface area contributed by atoms with E-state index < -0.39 is 11.7 Å². The Morgan fingerprint density at radius 1 is 1.14 bits per heavy atom. The number of aromatic nitrogens is 5. The monoisotopic (exact) mass is 496 g/mol. The second-order valence-electron chi connectivity index (χ2n) is 9.58. The molecule has 0 saturated heterocycles. The minimum Gasteiger partial charge on any atom is -0.382 e. The number of amides is 1. The molecule has 1 aliphatic rings. The Bertz CT molecular complexity index is 1640.